The second kappa shape index (κ2) is 6.91. The molecule has 1 aliphatic carbocycles. The van der Waals surface area contributed by atoms with Crippen LogP contribution < -0.4 is 15.4 Å². The Morgan fingerprint density at radius 3 is 2.61 bits per heavy atom. The first-order valence-electron chi connectivity index (χ1n) is 7.73. The van der Waals surface area contributed by atoms with E-state index in [4.69, 9.17) is 17.0 Å². The fourth-order valence-electron chi connectivity index (χ4n) is 3.07. The maximum atomic E-state index is 5.51. The number of thiocarbonyl (C=S) groups is 1. The number of hydrogen-bond donors (Lipinski definition) is 2. The van der Waals surface area contributed by atoms with Gasteiger partial charge in [-0.25, -0.2) is 4.98 Å². The third kappa shape index (κ3) is 3.42. The first kappa shape index (κ1) is 15.7. The molecule has 23 heavy (non-hydrogen) atoms. The lowest BCUT2D eigenvalue weighted by Gasteiger charge is -2.31. The highest BCUT2D eigenvalue weighted by molar-refractivity contribution is 7.80. The highest BCUT2D eigenvalue weighted by atomic mass is 32.1. The van der Waals surface area contributed by atoms with E-state index in [1.807, 2.05) is 30.5 Å². The van der Waals surface area contributed by atoms with Gasteiger partial charge in [0.2, 0.25) is 0 Å². The van der Waals surface area contributed by atoms with Crippen molar-refractivity contribution in [2.45, 2.75) is 31.2 Å². The van der Waals surface area contributed by atoms with Crippen LogP contribution in [-0.2, 0) is 5.54 Å². The van der Waals surface area contributed by atoms with Crippen molar-refractivity contribution < 1.29 is 4.74 Å². The molecule has 0 saturated heterocycles. The lowest BCUT2D eigenvalue weighted by atomic mass is 9.93. The molecule has 0 spiro atoms. The molecule has 0 atom stereocenters. The summed E-state index contributed by atoms with van der Waals surface area (Å²) in [4.78, 5) is 8.82. The van der Waals surface area contributed by atoms with E-state index < -0.39 is 0 Å². The molecule has 3 rings (SSSR count). The number of nitrogens with one attached hydrogen (secondary N) is 2. The average Bonchev–Trinajstić information content (AvgIpc) is 3.06. The van der Waals surface area contributed by atoms with Gasteiger partial charge in [0.25, 0.3) is 0 Å². The summed E-state index contributed by atoms with van der Waals surface area (Å²) >= 11 is 5.51. The van der Waals surface area contributed by atoms with Crippen molar-refractivity contribution in [1.29, 1.82) is 0 Å². The molecular weight excluding hydrogens is 308 g/mol. The molecule has 0 bridgehead atoms. The normalized spacial score (nSPS) is 15.9. The van der Waals surface area contributed by atoms with Crippen LogP contribution in [0.25, 0.3) is 0 Å². The molecule has 0 radical (unpaired) electrons. The fourth-order valence-corrected chi connectivity index (χ4v) is 3.37. The third-order valence-corrected chi connectivity index (χ3v) is 4.39. The third-order valence-electron chi connectivity index (χ3n) is 4.19. The molecule has 5 nitrogen and oxygen atoms in total. The first-order chi connectivity index (χ1) is 11.2. The summed E-state index contributed by atoms with van der Waals surface area (Å²) in [6.45, 7) is 0. The largest absolute Gasteiger partial charge is 0.493 e. The predicted octanol–water partition coefficient (Wildman–Crippen LogP) is 3.24. The van der Waals surface area contributed by atoms with Crippen LogP contribution in [0.2, 0.25) is 0 Å². The highest BCUT2D eigenvalue weighted by Gasteiger charge is 2.37. The van der Waals surface area contributed by atoms with Gasteiger partial charge in [0, 0.05) is 12.4 Å². The first-order valence-corrected chi connectivity index (χ1v) is 8.14. The van der Waals surface area contributed by atoms with E-state index >= 15 is 0 Å². The topological polar surface area (TPSA) is 59.1 Å². The monoisotopic (exact) mass is 328 g/mol. The summed E-state index contributed by atoms with van der Waals surface area (Å²) in [5, 5.41) is 7.15. The van der Waals surface area contributed by atoms with Crippen molar-refractivity contribution in [3.8, 4) is 5.75 Å². The van der Waals surface area contributed by atoms with E-state index in [1.54, 1.807) is 13.3 Å². The molecule has 0 amide bonds. The number of methoxy groups -OCH3 is 1. The van der Waals surface area contributed by atoms with Crippen LogP contribution in [0.15, 0.2) is 42.7 Å². The lowest BCUT2D eigenvalue weighted by molar-refractivity contribution is 0.395. The fraction of sp³-hybridized carbons (Fsp3) is 0.353. The Bertz CT molecular complexity index is 671. The van der Waals surface area contributed by atoms with Gasteiger partial charge in [-0.2, -0.15) is 0 Å². The molecule has 2 heterocycles. The van der Waals surface area contributed by atoms with Crippen LogP contribution in [0.4, 0.5) is 5.82 Å². The van der Waals surface area contributed by atoms with Crippen LogP contribution in [-0.4, -0.2) is 22.2 Å². The SMILES string of the molecule is COc1cccnc1NC(=S)NC1(c2ccccn2)CCCC1. The van der Waals surface area contributed by atoms with Crippen LogP contribution in [0.1, 0.15) is 31.4 Å². The zero-order valence-corrected chi connectivity index (χ0v) is 13.9. The maximum absolute atomic E-state index is 5.51. The summed E-state index contributed by atoms with van der Waals surface area (Å²) < 4.78 is 5.30. The molecule has 2 aromatic heterocycles. The summed E-state index contributed by atoms with van der Waals surface area (Å²) in [5.74, 6) is 1.27. The Morgan fingerprint density at radius 1 is 1.13 bits per heavy atom. The number of anilines is 1. The molecule has 0 aliphatic heterocycles. The molecule has 2 aromatic rings. The summed E-state index contributed by atoms with van der Waals surface area (Å²) in [5.41, 5.74) is 0.836. The van der Waals surface area contributed by atoms with Gasteiger partial charge in [0.05, 0.1) is 18.3 Å². The Kier molecular flexibility index (Phi) is 4.71. The number of aromatic nitrogens is 2. The number of nitrogens with zero attached hydrogens (tertiary/aromatic N) is 2. The molecule has 0 unspecified atom stereocenters. The minimum absolute atomic E-state index is 0.201. The molecule has 1 saturated carbocycles. The van der Waals surface area contributed by atoms with Crippen molar-refractivity contribution in [2.24, 2.45) is 0 Å². The Hall–Kier alpha value is -2.21. The van der Waals surface area contributed by atoms with E-state index in [0.29, 0.717) is 16.7 Å². The van der Waals surface area contributed by atoms with E-state index in [9.17, 15) is 0 Å². The summed E-state index contributed by atoms with van der Waals surface area (Å²) in [6.07, 6.45) is 7.90. The van der Waals surface area contributed by atoms with Crippen molar-refractivity contribution in [2.75, 3.05) is 12.4 Å². The van der Waals surface area contributed by atoms with E-state index in [1.165, 1.54) is 12.8 Å². The van der Waals surface area contributed by atoms with Gasteiger partial charge in [-0.05, 0) is 49.3 Å². The smallest absolute Gasteiger partial charge is 0.174 e. The van der Waals surface area contributed by atoms with Gasteiger partial charge >= 0.3 is 0 Å². The van der Waals surface area contributed by atoms with Crippen molar-refractivity contribution in [3.63, 3.8) is 0 Å². The maximum Gasteiger partial charge on any atom is 0.174 e. The lowest BCUT2D eigenvalue weighted by Crippen LogP contribution is -2.46. The molecule has 6 heteroatoms. The van der Waals surface area contributed by atoms with Gasteiger partial charge in [-0.1, -0.05) is 18.9 Å². The van der Waals surface area contributed by atoms with Gasteiger partial charge in [-0.3, -0.25) is 4.98 Å². The van der Waals surface area contributed by atoms with Crippen LogP contribution in [0.3, 0.4) is 0 Å². The predicted molar refractivity (Wildman–Crippen MR) is 94.5 cm³/mol. The van der Waals surface area contributed by atoms with Crippen molar-refractivity contribution in [3.05, 3.63) is 48.4 Å². The van der Waals surface area contributed by atoms with E-state index in [-0.39, 0.29) is 5.54 Å². The second-order valence-corrected chi connectivity index (χ2v) is 6.05. The standard InChI is InChI=1S/C17H20N4OS/c1-22-13-7-6-12-19-15(13)20-16(23)21-17(9-3-4-10-17)14-8-2-5-11-18-14/h2,5-8,11-12H,3-4,9-10H2,1H3,(H2,19,20,21,23). The van der Waals surface area contributed by atoms with Crippen LogP contribution >= 0.6 is 12.2 Å². The van der Waals surface area contributed by atoms with E-state index in [2.05, 4.69) is 26.7 Å². The molecular formula is C17H20N4OS. The van der Waals surface area contributed by atoms with Crippen LogP contribution in [0, 0.1) is 0 Å². The van der Waals surface area contributed by atoms with Gasteiger partial charge in [0.15, 0.2) is 16.7 Å². The average molecular weight is 328 g/mol. The number of rotatable bonds is 4. The molecule has 1 fully saturated rings. The number of hydrogen-bond acceptors (Lipinski definition) is 4. The summed E-state index contributed by atoms with van der Waals surface area (Å²) in [7, 11) is 1.62. The van der Waals surface area contributed by atoms with E-state index in [0.717, 1.165) is 18.5 Å². The van der Waals surface area contributed by atoms with Gasteiger partial charge in [0.1, 0.15) is 0 Å². The minimum Gasteiger partial charge on any atom is -0.493 e. The van der Waals surface area contributed by atoms with Crippen molar-refractivity contribution >= 4 is 23.1 Å². The van der Waals surface area contributed by atoms with Crippen molar-refractivity contribution in [1.82, 2.24) is 15.3 Å². The quantitative estimate of drug-likeness (QED) is 0.840. The zero-order valence-electron chi connectivity index (χ0n) is 13.1. The Morgan fingerprint density at radius 2 is 1.91 bits per heavy atom. The van der Waals surface area contributed by atoms with Gasteiger partial charge < -0.3 is 15.4 Å². The molecule has 2 N–H and O–H groups in total. The second-order valence-electron chi connectivity index (χ2n) is 5.64. The zero-order chi connectivity index (χ0) is 16.1. The number of pyridine rings is 2. The van der Waals surface area contributed by atoms with Crippen LogP contribution in [0.5, 0.6) is 5.75 Å². The minimum atomic E-state index is -0.201. The Labute approximate surface area is 141 Å². The molecule has 120 valence electrons. The van der Waals surface area contributed by atoms with Gasteiger partial charge in [-0.15, -0.1) is 0 Å². The summed E-state index contributed by atoms with van der Waals surface area (Å²) in [6, 6.07) is 9.68. The molecule has 1 aliphatic rings. The molecule has 0 aromatic carbocycles. The number of ether oxygens (including phenoxy) is 1. The Balaban J connectivity index is 1.77. The highest BCUT2D eigenvalue weighted by Crippen LogP contribution is 2.37.